The summed E-state index contributed by atoms with van der Waals surface area (Å²) in [5, 5.41) is 12.3. The first kappa shape index (κ1) is 20.4. The van der Waals surface area contributed by atoms with Gasteiger partial charge in [-0.25, -0.2) is 4.39 Å². The average molecular weight is 424 g/mol. The van der Waals surface area contributed by atoms with E-state index in [1.54, 1.807) is 30.8 Å². The first-order valence-electron chi connectivity index (χ1n) is 8.59. The molecule has 0 fully saturated rings. The molecule has 6 nitrogen and oxygen atoms in total. The van der Waals surface area contributed by atoms with Crippen LogP contribution in [0, 0.1) is 19.7 Å². The molecule has 148 valence electrons. The van der Waals surface area contributed by atoms with Gasteiger partial charge < -0.3 is 5.32 Å². The quantitative estimate of drug-likeness (QED) is 0.653. The molecule has 2 aromatic heterocycles. The summed E-state index contributed by atoms with van der Waals surface area (Å²) in [5.74, 6) is -0.645. The minimum Gasteiger partial charge on any atom is -0.321 e. The lowest BCUT2D eigenvalue weighted by Gasteiger charge is -2.24. The number of hydrogen-bond acceptors (Lipinski definition) is 3. The monoisotopic (exact) mass is 423 g/mol. The van der Waals surface area contributed by atoms with E-state index in [4.69, 9.17) is 23.2 Å². The Morgan fingerprint density at radius 2 is 2.00 bits per heavy atom. The molecule has 0 saturated heterocycles. The molecule has 0 aliphatic heterocycles. The van der Waals surface area contributed by atoms with Crippen molar-refractivity contribution in [3.05, 3.63) is 63.4 Å². The molecule has 3 aromatic rings. The van der Waals surface area contributed by atoms with Crippen LogP contribution in [0.4, 0.5) is 10.1 Å². The molecule has 3 rings (SSSR count). The molecule has 0 aliphatic rings. The second kappa shape index (κ2) is 7.56. The number of aromatic nitrogens is 4. The van der Waals surface area contributed by atoms with Crippen molar-refractivity contribution in [3.8, 4) is 0 Å². The fourth-order valence-corrected chi connectivity index (χ4v) is 3.18. The van der Waals surface area contributed by atoms with Crippen LogP contribution in [0.1, 0.15) is 30.8 Å². The highest BCUT2D eigenvalue weighted by atomic mass is 35.5. The summed E-state index contributed by atoms with van der Waals surface area (Å²) >= 11 is 12.0. The Morgan fingerprint density at radius 1 is 1.29 bits per heavy atom. The SMILES string of the molecule is Cc1nn(Cc2ccc(F)cc2Cl)c(C)c1NC(=O)C(C)(C)n1cc(Cl)cn1. The van der Waals surface area contributed by atoms with Crippen LogP contribution in [0.2, 0.25) is 10.0 Å². The van der Waals surface area contributed by atoms with Crippen LogP contribution in [0.25, 0.3) is 0 Å². The number of rotatable bonds is 5. The summed E-state index contributed by atoms with van der Waals surface area (Å²) in [6.07, 6.45) is 3.08. The van der Waals surface area contributed by atoms with Gasteiger partial charge in [-0.05, 0) is 45.4 Å². The Hall–Kier alpha value is -2.38. The molecule has 0 spiro atoms. The molecule has 28 heavy (non-hydrogen) atoms. The van der Waals surface area contributed by atoms with Crippen molar-refractivity contribution in [3.63, 3.8) is 0 Å². The molecule has 1 amide bonds. The maximum Gasteiger partial charge on any atom is 0.251 e. The normalized spacial score (nSPS) is 11.7. The van der Waals surface area contributed by atoms with Gasteiger partial charge in [-0.2, -0.15) is 10.2 Å². The van der Waals surface area contributed by atoms with Gasteiger partial charge in [0.25, 0.3) is 5.91 Å². The molecule has 0 atom stereocenters. The van der Waals surface area contributed by atoms with Gasteiger partial charge >= 0.3 is 0 Å². The van der Waals surface area contributed by atoms with Gasteiger partial charge in [0.15, 0.2) is 0 Å². The molecule has 9 heteroatoms. The van der Waals surface area contributed by atoms with Crippen LogP contribution in [-0.2, 0) is 16.9 Å². The van der Waals surface area contributed by atoms with Gasteiger partial charge in [-0.15, -0.1) is 0 Å². The topological polar surface area (TPSA) is 64.7 Å². The predicted molar refractivity (Wildman–Crippen MR) is 107 cm³/mol. The second-order valence-electron chi connectivity index (χ2n) is 7.06. The highest BCUT2D eigenvalue weighted by Gasteiger charge is 2.32. The van der Waals surface area contributed by atoms with E-state index in [2.05, 4.69) is 15.5 Å². The van der Waals surface area contributed by atoms with Gasteiger partial charge in [0.05, 0.1) is 34.8 Å². The van der Waals surface area contributed by atoms with Crippen LogP contribution in [0.15, 0.2) is 30.6 Å². The van der Waals surface area contributed by atoms with E-state index in [1.165, 1.54) is 23.0 Å². The third kappa shape index (κ3) is 3.91. The van der Waals surface area contributed by atoms with Crippen molar-refractivity contribution >= 4 is 34.8 Å². The van der Waals surface area contributed by atoms with Crippen molar-refractivity contribution in [1.82, 2.24) is 19.6 Å². The number of hydrogen-bond donors (Lipinski definition) is 1. The molecule has 0 saturated carbocycles. The smallest absolute Gasteiger partial charge is 0.251 e. The van der Waals surface area contributed by atoms with Crippen LogP contribution >= 0.6 is 23.2 Å². The Labute approximate surface area is 172 Å². The summed E-state index contributed by atoms with van der Waals surface area (Å²) in [6, 6.07) is 4.24. The van der Waals surface area contributed by atoms with E-state index in [9.17, 15) is 9.18 Å². The number of halogens is 3. The number of nitrogens with zero attached hydrogens (tertiary/aromatic N) is 4. The first-order valence-corrected chi connectivity index (χ1v) is 9.35. The minimum absolute atomic E-state index is 0.252. The lowest BCUT2D eigenvalue weighted by molar-refractivity contribution is -0.123. The number of nitrogens with one attached hydrogen (secondary N) is 1. The van der Waals surface area contributed by atoms with Gasteiger partial charge in [0, 0.05) is 11.2 Å². The standard InChI is InChI=1S/C19H20Cl2FN5O/c1-11-17(24-18(28)19(3,4)27-10-14(20)8-23-27)12(2)26(25-11)9-13-5-6-15(22)7-16(13)21/h5-8,10H,9H2,1-4H3,(H,24,28). The van der Waals surface area contributed by atoms with Crippen molar-refractivity contribution in [2.24, 2.45) is 0 Å². The zero-order chi connectivity index (χ0) is 20.6. The highest BCUT2D eigenvalue weighted by Crippen LogP contribution is 2.26. The van der Waals surface area contributed by atoms with E-state index in [0.717, 1.165) is 11.3 Å². The Morgan fingerprint density at radius 3 is 2.61 bits per heavy atom. The fourth-order valence-electron chi connectivity index (χ4n) is 2.82. The molecule has 0 unspecified atom stereocenters. The summed E-state index contributed by atoms with van der Waals surface area (Å²) in [4.78, 5) is 12.9. The molecule has 1 aromatic carbocycles. The zero-order valence-electron chi connectivity index (χ0n) is 15.9. The molecule has 0 bridgehead atoms. The van der Waals surface area contributed by atoms with Crippen molar-refractivity contribution in [2.75, 3.05) is 5.32 Å². The maximum absolute atomic E-state index is 13.3. The zero-order valence-corrected chi connectivity index (χ0v) is 17.4. The van der Waals surface area contributed by atoms with Crippen LogP contribution < -0.4 is 5.32 Å². The average Bonchev–Trinajstić information content (AvgIpc) is 3.16. The summed E-state index contributed by atoms with van der Waals surface area (Å²) in [6.45, 7) is 7.52. The third-order valence-corrected chi connectivity index (χ3v) is 5.18. The number of carbonyl (C=O) groups excluding carboxylic acids is 1. The van der Waals surface area contributed by atoms with Crippen LogP contribution in [-0.4, -0.2) is 25.5 Å². The van der Waals surface area contributed by atoms with Crippen LogP contribution in [0.5, 0.6) is 0 Å². The predicted octanol–water partition coefficient (Wildman–Crippen LogP) is 4.56. The number of amides is 1. The van der Waals surface area contributed by atoms with Gasteiger partial charge in [-0.1, -0.05) is 29.3 Å². The first-order chi connectivity index (χ1) is 13.1. The van der Waals surface area contributed by atoms with Gasteiger partial charge in [-0.3, -0.25) is 14.2 Å². The molecule has 0 aliphatic carbocycles. The number of benzene rings is 1. The summed E-state index contributed by atoms with van der Waals surface area (Å²) in [7, 11) is 0. The van der Waals surface area contributed by atoms with Crippen molar-refractivity contribution < 1.29 is 9.18 Å². The Kier molecular flexibility index (Phi) is 5.50. The van der Waals surface area contributed by atoms with Crippen molar-refractivity contribution in [1.29, 1.82) is 0 Å². The maximum atomic E-state index is 13.3. The highest BCUT2D eigenvalue weighted by molar-refractivity contribution is 6.31. The summed E-state index contributed by atoms with van der Waals surface area (Å²) < 4.78 is 16.5. The molecule has 1 N–H and O–H groups in total. The fraction of sp³-hybridized carbons (Fsp3) is 0.316. The van der Waals surface area contributed by atoms with Gasteiger partial charge in [0.1, 0.15) is 11.4 Å². The summed E-state index contributed by atoms with van der Waals surface area (Å²) in [5.41, 5.74) is 1.83. The Bertz CT molecular complexity index is 1040. The number of carbonyl (C=O) groups is 1. The van der Waals surface area contributed by atoms with E-state index >= 15 is 0 Å². The largest absolute Gasteiger partial charge is 0.321 e. The Balaban J connectivity index is 1.84. The molecular weight excluding hydrogens is 404 g/mol. The number of aryl methyl sites for hydroxylation is 1. The van der Waals surface area contributed by atoms with E-state index < -0.39 is 11.4 Å². The number of anilines is 1. The lowest BCUT2D eigenvalue weighted by Crippen LogP contribution is -2.40. The second-order valence-corrected chi connectivity index (χ2v) is 7.90. The lowest BCUT2D eigenvalue weighted by atomic mass is 10.0. The molecule has 2 heterocycles. The molecular formula is C19H20Cl2FN5O. The van der Waals surface area contributed by atoms with E-state index in [-0.39, 0.29) is 5.91 Å². The minimum atomic E-state index is -0.950. The molecule has 0 radical (unpaired) electrons. The van der Waals surface area contributed by atoms with E-state index in [1.807, 2.05) is 13.8 Å². The van der Waals surface area contributed by atoms with Crippen molar-refractivity contribution in [2.45, 2.75) is 39.8 Å². The third-order valence-electron chi connectivity index (χ3n) is 4.63. The van der Waals surface area contributed by atoms with Crippen LogP contribution in [0.3, 0.4) is 0 Å². The van der Waals surface area contributed by atoms with Gasteiger partial charge in [0.2, 0.25) is 0 Å². The van der Waals surface area contributed by atoms with E-state index in [0.29, 0.717) is 28.0 Å².